The highest BCUT2D eigenvalue weighted by molar-refractivity contribution is 7.89. The Morgan fingerprint density at radius 2 is 1.70 bits per heavy atom. The zero-order valence-electron chi connectivity index (χ0n) is 18.8. The number of hydrogen-bond acceptors (Lipinski definition) is 5. The lowest BCUT2D eigenvalue weighted by Crippen LogP contribution is -2.31. The molecule has 178 valence electrons. The Morgan fingerprint density at radius 1 is 1.03 bits per heavy atom. The molecular formula is C24H29FN2O5S. The van der Waals surface area contributed by atoms with E-state index in [1.807, 2.05) is 6.92 Å². The molecule has 2 amide bonds. The summed E-state index contributed by atoms with van der Waals surface area (Å²) < 4.78 is 46.8. The lowest BCUT2D eigenvalue weighted by Gasteiger charge is -2.16. The quantitative estimate of drug-likeness (QED) is 0.368. The van der Waals surface area contributed by atoms with Crippen LogP contribution in [0.3, 0.4) is 0 Å². The van der Waals surface area contributed by atoms with Crippen LogP contribution in [-0.4, -0.2) is 44.0 Å². The number of carbonyl (C=O) groups excluding carboxylic acids is 2. The van der Waals surface area contributed by atoms with E-state index in [0.29, 0.717) is 42.6 Å². The molecule has 9 heteroatoms. The lowest BCUT2D eigenvalue weighted by molar-refractivity contribution is 0.0651. The molecule has 0 aliphatic carbocycles. The van der Waals surface area contributed by atoms with E-state index in [0.717, 1.165) is 6.42 Å². The van der Waals surface area contributed by atoms with Crippen LogP contribution in [0.2, 0.25) is 0 Å². The first-order chi connectivity index (χ1) is 15.7. The fourth-order valence-corrected chi connectivity index (χ4v) is 5.07. The Labute approximate surface area is 194 Å². The fraction of sp³-hybridized carbons (Fsp3) is 0.417. The number of halogens is 1. The van der Waals surface area contributed by atoms with E-state index in [-0.39, 0.29) is 29.9 Å². The van der Waals surface area contributed by atoms with Gasteiger partial charge >= 0.3 is 0 Å². The van der Waals surface area contributed by atoms with Crippen LogP contribution in [0, 0.1) is 5.82 Å². The van der Waals surface area contributed by atoms with Gasteiger partial charge in [-0.25, -0.2) is 17.5 Å². The van der Waals surface area contributed by atoms with Gasteiger partial charge in [-0.15, -0.1) is 0 Å². The molecular weight excluding hydrogens is 447 g/mol. The maximum absolute atomic E-state index is 13.9. The molecule has 1 aliphatic rings. The standard InChI is InChI=1S/C24H29FN2O5S/c1-3-14-32-22-16-18(11-12-21(22)25)17(2)26-33(30,31)15-8-4-7-13-27-23(28)19-9-5-6-10-20(19)24(27)29/h5-6,9-12,16-17,26H,3-4,7-8,13-15H2,1-2H3/t17-/m0/s1. The average Bonchev–Trinajstić information content (AvgIpc) is 3.03. The second kappa shape index (κ2) is 10.9. The number of imide groups is 1. The summed E-state index contributed by atoms with van der Waals surface area (Å²) in [5.74, 6) is -1.07. The second-order valence-corrected chi connectivity index (χ2v) is 9.94. The molecule has 2 aromatic carbocycles. The van der Waals surface area contributed by atoms with Gasteiger partial charge in [0.1, 0.15) is 0 Å². The summed E-state index contributed by atoms with van der Waals surface area (Å²) in [6.07, 6.45) is 2.19. The molecule has 7 nitrogen and oxygen atoms in total. The summed E-state index contributed by atoms with van der Waals surface area (Å²) in [6.45, 7) is 4.24. The van der Waals surface area contributed by atoms with Crippen molar-refractivity contribution in [1.29, 1.82) is 0 Å². The summed E-state index contributed by atoms with van der Waals surface area (Å²) in [7, 11) is -3.57. The van der Waals surface area contributed by atoms with Crippen molar-refractivity contribution in [2.45, 2.75) is 45.6 Å². The molecule has 2 aromatic rings. The monoisotopic (exact) mass is 476 g/mol. The Bertz CT molecular complexity index is 1080. The van der Waals surface area contributed by atoms with Gasteiger partial charge in [0, 0.05) is 12.6 Å². The van der Waals surface area contributed by atoms with Crippen LogP contribution in [0.5, 0.6) is 5.75 Å². The van der Waals surface area contributed by atoms with Crippen LogP contribution in [0.1, 0.15) is 71.9 Å². The number of sulfonamides is 1. The number of nitrogens with one attached hydrogen (secondary N) is 1. The molecule has 0 bridgehead atoms. The molecule has 0 radical (unpaired) electrons. The predicted molar refractivity (Wildman–Crippen MR) is 123 cm³/mol. The molecule has 0 aromatic heterocycles. The molecule has 1 N–H and O–H groups in total. The third kappa shape index (κ3) is 6.17. The number of hydrogen-bond donors (Lipinski definition) is 1. The van der Waals surface area contributed by atoms with Crippen LogP contribution in [0.25, 0.3) is 0 Å². The van der Waals surface area contributed by atoms with Crippen molar-refractivity contribution in [3.63, 3.8) is 0 Å². The van der Waals surface area contributed by atoms with Crippen LogP contribution < -0.4 is 9.46 Å². The molecule has 0 spiro atoms. The lowest BCUT2D eigenvalue weighted by atomic mass is 10.1. The number of benzene rings is 2. The number of nitrogens with zero attached hydrogens (tertiary/aromatic N) is 1. The van der Waals surface area contributed by atoms with E-state index in [2.05, 4.69) is 4.72 Å². The van der Waals surface area contributed by atoms with Gasteiger partial charge in [-0.3, -0.25) is 14.5 Å². The third-order valence-electron chi connectivity index (χ3n) is 5.45. The fourth-order valence-electron chi connectivity index (χ4n) is 3.69. The van der Waals surface area contributed by atoms with Gasteiger partial charge in [-0.05, 0) is 56.0 Å². The van der Waals surface area contributed by atoms with Crippen LogP contribution >= 0.6 is 0 Å². The number of unbranched alkanes of at least 4 members (excludes halogenated alkanes) is 2. The van der Waals surface area contributed by atoms with E-state index in [9.17, 15) is 22.4 Å². The number of carbonyl (C=O) groups is 2. The minimum atomic E-state index is -3.57. The molecule has 0 fully saturated rings. The SMILES string of the molecule is CCCOc1cc([C@H](C)NS(=O)(=O)CCCCCN2C(=O)c3ccccc3C2=O)ccc1F. The zero-order valence-corrected chi connectivity index (χ0v) is 19.7. The first-order valence-corrected chi connectivity index (χ1v) is 12.8. The Morgan fingerprint density at radius 3 is 2.33 bits per heavy atom. The van der Waals surface area contributed by atoms with Crippen molar-refractivity contribution in [3.05, 3.63) is 65.0 Å². The van der Waals surface area contributed by atoms with Crippen molar-refractivity contribution in [3.8, 4) is 5.75 Å². The van der Waals surface area contributed by atoms with E-state index in [1.54, 1.807) is 31.2 Å². The Kier molecular flexibility index (Phi) is 8.20. The van der Waals surface area contributed by atoms with Gasteiger partial charge in [0.25, 0.3) is 11.8 Å². The number of fused-ring (bicyclic) bond motifs is 1. The molecule has 1 heterocycles. The summed E-state index contributed by atoms with van der Waals surface area (Å²) >= 11 is 0. The maximum Gasteiger partial charge on any atom is 0.261 e. The summed E-state index contributed by atoms with van der Waals surface area (Å²) in [5, 5.41) is 0. The maximum atomic E-state index is 13.9. The van der Waals surface area contributed by atoms with E-state index < -0.39 is 21.9 Å². The van der Waals surface area contributed by atoms with Gasteiger partial charge in [-0.1, -0.05) is 31.5 Å². The van der Waals surface area contributed by atoms with Gasteiger partial charge in [0.2, 0.25) is 10.0 Å². The van der Waals surface area contributed by atoms with Gasteiger partial charge in [0.05, 0.1) is 23.5 Å². The number of amides is 2. The molecule has 1 aliphatic heterocycles. The number of ether oxygens (including phenoxy) is 1. The zero-order chi connectivity index (χ0) is 24.0. The van der Waals surface area contributed by atoms with Crippen LogP contribution in [0.4, 0.5) is 4.39 Å². The van der Waals surface area contributed by atoms with Gasteiger partial charge in [-0.2, -0.15) is 0 Å². The third-order valence-corrected chi connectivity index (χ3v) is 6.99. The highest BCUT2D eigenvalue weighted by Crippen LogP contribution is 2.24. The van der Waals surface area contributed by atoms with E-state index in [4.69, 9.17) is 4.74 Å². The highest BCUT2D eigenvalue weighted by atomic mass is 32.2. The van der Waals surface area contributed by atoms with Crippen LogP contribution in [-0.2, 0) is 10.0 Å². The molecule has 0 saturated heterocycles. The minimum absolute atomic E-state index is 0.0835. The summed E-state index contributed by atoms with van der Waals surface area (Å²) in [6, 6.07) is 10.5. The van der Waals surface area contributed by atoms with Gasteiger partial charge in [0.15, 0.2) is 11.6 Å². The average molecular weight is 477 g/mol. The summed E-state index contributed by atoms with van der Waals surface area (Å²) in [4.78, 5) is 25.9. The van der Waals surface area contributed by atoms with Crippen molar-refractivity contribution in [2.75, 3.05) is 18.9 Å². The first-order valence-electron chi connectivity index (χ1n) is 11.1. The number of rotatable bonds is 12. The van der Waals surface area contributed by atoms with E-state index in [1.165, 1.54) is 23.1 Å². The van der Waals surface area contributed by atoms with E-state index >= 15 is 0 Å². The molecule has 0 unspecified atom stereocenters. The molecule has 33 heavy (non-hydrogen) atoms. The minimum Gasteiger partial charge on any atom is -0.491 e. The van der Waals surface area contributed by atoms with Crippen LogP contribution in [0.15, 0.2) is 42.5 Å². The molecule has 0 saturated carbocycles. The first kappa shape index (κ1) is 24.9. The predicted octanol–water partition coefficient (Wildman–Crippen LogP) is 4.06. The van der Waals surface area contributed by atoms with Crippen molar-refractivity contribution in [1.82, 2.24) is 9.62 Å². The molecule has 3 rings (SSSR count). The summed E-state index contributed by atoms with van der Waals surface area (Å²) in [5.41, 5.74) is 1.43. The van der Waals surface area contributed by atoms with Crippen molar-refractivity contribution < 1.29 is 27.1 Å². The highest BCUT2D eigenvalue weighted by Gasteiger charge is 2.34. The largest absolute Gasteiger partial charge is 0.491 e. The smallest absolute Gasteiger partial charge is 0.261 e. The van der Waals surface area contributed by atoms with Crippen molar-refractivity contribution in [2.24, 2.45) is 0 Å². The topological polar surface area (TPSA) is 92.8 Å². The van der Waals surface area contributed by atoms with Crippen molar-refractivity contribution >= 4 is 21.8 Å². The van der Waals surface area contributed by atoms with Gasteiger partial charge < -0.3 is 4.74 Å². The Balaban J connectivity index is 1.45. The second-order valence-electron chi connectivity index (χ2n) is 8.06. The Hall–Kier alpha value is -2.78. The normalized spacial score (nSPS) is 14.5. The molecule has 1 atom stereocenters.